The first-order chi connectivity index (χ1) is 10.6. The van der Waals surface area contributed by atoms with Crippen molar-refractivity contribution in [3.63, 3.8) is 0 Å². The van der Waals surface area contributed by atoms with E-state index in [-0.39, 0.29) is 19.6 Å². The molecule has 1 aliphatic rings. The quantitative estimate of drug-likeness (QED) is 0.299. The minimum absolute atomic E-state index is 0.245. The summed E-state index contributed by atoms with van der Waals surface area (Å²) in [5, 5.41) is 0. The smallest absolute Gasteiger partial charge is 0.392 e. The summed E-state index contributed by atoms with van der Waals surface area (Å²) >= 11 is 0. The minimum atomic E-state index is -4.86. The van der Waals surface area contributed by atoms with Gasteiger partial charge in [0.25, 0.3) is 0 Å². The summed E-state index contributed by atoms with van der Waals surface area (Å²) in [4.78, 5) is 11.8. The number of ether oxygens (including phenoxy) is 2. The van der Waals surface area contributed by atoms with Gasteiger partial charge in [0, 0.05) is 0 Å². The number of halogens is 6. The van der Waals surface area contributed by atoms with E-state index in [1.54, 1.807) is 0 Å². The van der Waals surface area contributed by atoms with E-state index >= 15 is 0 Å². The van der Waals surface area contributed by atoms with Crippen molar-refractivity contribution < 1.29 is 40.6 Å². The van der Waals surface area contributed by atoms with E-state index in [1.165, 1.54) is 6.26 Å². The van der Waals surface area contributed by atoms with Crippen molar-refractivity contribution in [1.82, 2.24) is 0 Å². The fourth-order valence-electron chi connectivity index (χ4n) is 2.70. The summed E-state index contributed by atoms with van der Waals surface area (Å²) in [6.45, 7) is 3.33. The molecule has 2 unspecified atom stereocenters. The number of rotatable bonds is 7. The monoisotopic (exact) mass is 348 g/mol. The summed E-state index contributed by atoms with van der Waals surface area (Å²) in [6, 6.07) is 0. The molecule has 3 nitrogen and oxygen atoms in total. The Morgan fingerprint density at radius 3 is 1.91 bits per heavy atom. The number of unbranched alkanes of at least 4 members (excludes halogenated alkanes) is 1. The third kappa shape index (κ3) is 5.62. The van der Waals surface area contributed by atoms with Gasteiger partial charge in [-0.05, 0) is 25.7 Å². The van der Waals surface area contributed by atoms with Crippen LogP contribution in [0.3, 0.4) is 0 Å². The zero-order chi connectivity index (χ0) is 17.7. The Bertz CT molecular complexity index is 382. The highest BCUT2D eigenvalue weighted by Crippen LogP contribution is 2.52. The predicted octanol–water partition coefficient (Wildman–Crippen LogP) is 4.24. The van der Waals surface area contributed by atoms with Crippen LogP contribution in [0.5, 0.6) is 0 Å². The third-order valence-corrected chi connectivity index (χ3v) is 3.79. The van der Waals surface area contributed by atoms with Crippen LogP contribution in [0.2, 0.25) is 0 Å². The summed E-state index contributed by atoms with van der Waals surface area (Å²) in [5.41, 5.74) is 0. The minimum Gasteiger partial charge on any atom is -0.502 e. The highest BCUT2D eigenvalue weighted by molar-refractivity contribution is 5.74. The number of alkyl halides is 6. The second kappa shape index (κ2) is 7.92. The lowest BCUT2D eigenvalue weighted by molar-refractivity contribution is -0.220. The van der Waals surface area contributed by atoms with Crippen molar-refractivity contribution >= 4 is 5.97 Å². The maximum absolute atomic E-state index is 12.9. The van der Waals surface area contributed by atoms with E-state index < -0.39 is 48.9 Å². The van der Waals surface area contributed by atoms with Gasteiger partial charge < -0.3 is 9.47 Å². The Hall–Kier alpha value is -1.41. The largest absolute Gasteiger partial charge is 0.502 e. The zero-order valence-corrected chi connectivity index (χ0v) is 12.3. The molecule has 0 bridgehead atoms. The van der Waals surface area contributed by atoms with Gasteiger partial charge in [-0.15, -0.1) is 0 Å². The molecule has 1 saturated carbocycles. The van der Waals surface area contributed by atoms with Crippen molar-refractivity contribution in [2.24, 2.45) is 17.8 Å². The summed E-state index contributed by atoms with van der Waals surface area (Å²) < 4.78 is 86.6. The molecule has 2 atom stereocenters. The molecule has 1 aliphatic carbocycles. The van der Waals surface area contributed by atoms with Gasteiger partial charge in [0.2, 0.25) is 0 Å². The van der Waals surface area contributed by atoms with Crippen LogP contribution < -0.4 is 0 Å². The maximum atomic E-state index is 12.9. The predicted molar refractivity (Wildman–Crippen MR) is 68.2 cm³/mol. The van der Waals surface area contributed by atoms with Crippen molar-refractivity contribution in [2.45, 2.75) is 38.0 Å². The van der Waals surface area contributed by atoms with Gasteiger partial charge in [-0.3, -0.25) is 4.79 Å². The van der Waals surface area contributed by atoms with Gasteiger partial charge in [-0.25, -0.2) is 0 Å². The topological polar surface area (TPSA) is 35.5 Å². The molecule has 23 heavy (non-hydrogen) atoms. The number of esters is 1. The fraction of sp³-hybridized carbons (Fsp3) is 0.786. The molecular weight excluding hydrogens is 330 g/mol. The molecule has 0 aliphatic heterocycles. The lowest BCUT2D eigenvalue weighted by atomic mass is 9.88. The average Bonchev–Trinajstić information content (AvgIpc) is 2.87. The number of hydrogen-bond donors (Lipinski definition) is 0. The SMILES string of the molecule is C=COCCCCOC(=O)C1C(C(F)(F)F)CCC1C(F)(F)F. The molecule has 0 spiro atoms. The van der Waals surface area contributed by atoms with Crippen LogP contribution in [0, 0.1) is 17.8 Å². The summed E-state index contributed by atoms with van der Waals surface area (Å²) in [5.74, 6) is -8.28. The normalized spacial score (nSPS) is 25.2. The third-order valence-electron chi connectivity index (χ3n) is 3.79. The Morgan fingerprint density at radius 1 is 1.00 bits per heavy atom. The van der Waals surface area contributed by atoms with Gasteiger partial charge in [-0.1, -0.05) is 6.58 Å². The lowest BCUT2D eigenvalue weighted by Gasteiger charge is -2.26. The van der Waals surface area contributed by atoms with Gasteiger partial charge in [0.15, 0.2) is 0 Å². The van der Waals surface area contributed by atoms with Crippen LogP contribution in [-0.4, -0.2) is 31.5 Å². The molecule has 0 aromatic heterocycles. The van der Waals surface area contributed by atoms with E-state index in [2.05, 4.69) is 11.3 Å². The second-order valence-corrected chi connectivity index (χ2v) is 5.31. The van der Waals surface area contributed by atoms with E-state index in [0.29, 0.717) is 6.42 Å². The highest BCUT2D eigenvalue weighted by Gasteiger charge is 2.61. The molecule has 0 saturated heterocycles. The van der Waals surface area contributed by atoms with Crippen molar-refractivity contribution in [1.29, 1.82) is 0 Å². The lowest BCUT2D eigenvalue weighted by Crippen LogP contribution is -2.39. The Balaban J connectivity index is 2.65. The molecule has 0 N–H and O–H groups in total. The summed E-state index contributed by atoms with van der Waals surface area (Å²) in [6.07, 6.45) is -9.24. The van der Waals surface area contributed by atoms with Gasteiger partial charge in [0.1, 0.15) is 0 Å². The van der Waals surface area contributed by atoms with Crippen molar-refractivity contribution in [2.75, 3.05) is 13.2 Å². The molecule has 0 aromatic rings. The number of hydrogen-bond acceptors (Lipinski definition) is 3. The first kappa shape index (κ1) is 19.6. The Morgan fingerprint density at radius 2 is 1.48 bits per heavy atom. The van der Waals surface area contributed by atoms with Crippen LogP contribution in [0.1, 0.15) is 25.7 Å². The van der Waals surface area contributed by atoms with Gasteiger partial charge >= 0.3 is 18.3 Å². The van der Waals surface area contributed by atoms with Gasteiger partial charge in [-0.2, -0.15) is 26.3 Å². The van der Waals surface area contributed by atoms with Crippen LogP contribution in [0.4, 0.5) is 26.3 Å². The van der Waals surface area contributed by atoms with E-state index in [9.17, 15) is 31.1 Å². The number of carbonyl (C=O) groups is 1. The van der Waals surface area contributed by atoms with Crippen LogP contribution in [0.25, 0.3) is 0 Å². The van der Waals surface area contributed by atoms with E-state index in [1.807, 2.05) is 0 Å². The van der Waals surface area contributed by atoms with Gasteiger partial charge in [0.05, 0.1) is 37.2 Å². The van der Waals surface area contributed by atoms with Crippen molar-refractivity contribution in [3.05, 3.63) is 12.8 Å². The second-order valence-electron chi connectivity index (χ2n) is 5.31. The average molecular weight is 348 g/mol. The molecule has 0 aromatic carbocycles. The Labute approximate surface area is 129 Å². The first-order valence-electron chi connectivity index (χ1n) is 7.11. The number of carbonyl (C=O) groups excluding carboxylic acids is 1. The summed E-state index contributed by atoms with van der Waals surface area (Å²) in [7, 11) is 0. The highest BCUT2D eigenvalue weighted by atomic mass is 19.4. The Kier molecular flexibility index (Phi) is 6.76. The molecule has 0 amide bonds. The molecular formula is C14H18F6O3. The van der Waals surface area contributed by atoms with Crippen LogP contribution in [-0.2, 0) is 14.3 Å². The standard InChI is InChI=1S/C14H18F6O3/c1-2-22-7-3-4-8-23-12(21)11-9(13(15,16)17)5-6-10(11)14(18,19)20/h2,9-11H,1,3-8H2. The fourth-order valence-corrected chi connectivity index (χ4v) is 2.70. The van der Waals surface area contributed by atoms with Crippen molar-refractivity contribution in [3.8, 4) is 0 Å². The molecule has 0 heterocycles. The zero-order valence-electron chi connectivity index (χ0n) is 12.3. The van der Waals surface area contributed by atoms with E-state index in [4.69, 9.17) is 4.74 Å². The van der Waals surface area contributed by atoms with Crippen LogP contribution >= 0.6 is 0 Å². The van der Waals surface area contributed by atoms with Crippen LogP contribution in [0.15, 0.2) is 12.8 Å². The van der Waals surface area contributed by atoms with E-state index in [0.717, 1.165) is 0 Å². The molecule has 9 heteroatoms. The molecule has 1 fully saturated rings. The maximum Gasteiger partial charge on any atom is 0.392 e. The molecule has 1 rings (SSSR count). The molecule has 0 radical (unpaired) electrons. The first-order valence-corrected chi connectivity index (χ1v) is 7.11. The molecule has 134 valence electrons.